The predicted octanol–water partition coefficient (Wildman–Crippen LogP) is 0.333. The SMILES string of the molecule is O=S(=O)(NCCCN1CCOCC1)c1ccc2c(c1)CNCC2. The van der Waals surface area contributed by atoms with Gasteiger partial charge in [-0.05, 0) is 49.2 Å². The Labute approximate surface area is 138 Å². The van der Waals surface area contributed by atoms with Crippen molar-refractivity contribution in [2.45, 2.75) is 24.3 Å². The second kappa shape index (κ2) is 7.72. The monoisotopic (exact) mass is 339 g/mol. The quantitative estimate of drug-likeness (QED) is 0.731. The van der Waals surface area contributed by atoms with Gasteiger partial charge in [-0.1, -0.05) is 6.07 Å². The highest BCUT2D eigenvalue weighted by atomic mass is 32.2. The first-order valence-electron chi connectivity index (χ1n) is 8.27. The van der Waals surface area contributed by atoms with E-state index in [0.29, 0.717) is 11.4 Å². The van der Waals surface area contributed by atoms with Crippen LogP contribution in [0.2, 0.25) is 0 Å². The highest BCUT2D eigenvalue weighted by molar-refractivity contribution is 7.89. The van der Waals surface area contributed by atoms with E-state index in [1.807, 2.05) is 6.07 Å². The molecule has 128 valence electrons. The molecule has 0 aromatic heterocycles. The second-order valence-electron chi connectivity index (χ2n) is 6.06. The molecule has 1 aromatic carbocycles. The van der Waals surface area contributed by atoms with E-state index >= 15 is 0 Å². The van der Waals surface area contributed by atoms with Gasteiger partial charge in [0, 0.05) is 26.2 Å². The third-order valence-corrected chi connectivity index (χ3v) is 5.88. The maximum Gasteiger partial charge on any atom is 0.240 e. The molecule has 0 bridgehead atoms. The van der Waals surface area contributed by atoms with Crippen LogP contribution in [-0.4, -0.2) is 59.3 Å². The smallest absolute Gasteiger partial charge is 0.240 e. The van der Waals surface area contributed by atoms with E-state index in [9.17, 15) is 8.42 Å². The van der Waals surface area contributed by atoms with E-state index < -0.39 is 10.0 Å². The Morgan fingerprint density at radius 2 is 2.04 bits per heavy atom. The summed E-state index contributed by atoms with van der Waals surface area (Å²) in [5.41, 5.74) is 2.34. The molecule has 0 saturated carbocycles. The average Bonchev–Trinajstić information content (AvgIpc) is 2.59. The largest absolute Gasteiger partial charge is 0.379 e. The van der Waals surface area contributed by atoms with Crippen molar-refractivity contribution < 1.29 is 13.2 Å². The van der Waals surface area contributed by atoms with Crippen molar-refractivity contribution in [2.24, 2.45) is 0 Å². The Hall–Kier alpha value is -0.990. The Bertz CT molecular complexity index is 627. The van der Waals surface area contributed by atoms with Crippen molar-refractivity contribution in [3.8, 4) is 0 Å². The van der Waals surface area contributed by atoms with E-state index in [4.69, 9.17) is 4.74 Å². The molecule has 0 amide bonds. The lowest BCUT2D eigenvalue weighted by atomic mass is 10.0. The minimum atomic E-state index is -3.42. The highest BCUT2D eigenvalue weighted by Gasteiger charge is 2.17. The number of ether oxygens (including phenoxy) is 1. The van der Waals surface area contributed by atoms with Gasteiger partial charge >= 0.3 is 0 Å². The summed E-state index contributed by atoms with van der Waals surface area (Å²) in [5, 5.41) is 3.28. The maximum atomic E-state index is 12.4. The van der Waals surface area contributed by atoms with Gasteiger partial charge in [0.2, 0.25) is 10.0 Å². The van der Waals surface area contributed by atoms with Crippen LogP contribution in [-0.2, 0) is 27.7 Å². The molecule has 2 aliphatic heterocycles. The molecule has 0 aliphatic carbocycles. The fourth-order valence-corrected chi connectivity index (χ4v) is 4.17. The van der Waals surface area contributed by atoms with Crippen LogP contribution >= 0.6 is 0 Å². The molecule has 2 N–H and O–H groups in total. The third kappa shape index (κ3) is 4.51. The van der Waals surface area contributed by atoms with E-state index in [-0.39, 0.29) is 0 Å². The van der Waals surface area contributed by atoms with Gasteiger partial charge in [-0.3, -0.25) is 4.90 Å². The van der Waals surface area contributed by atoms with Crippen molar-refractivity contribution in [1.82, 2.24) is 14.9 Å². The standard InChI is InChI=1S/C16H25N3O3S/c20-23(21,18-5-1-7-19-8-10-22-11-9-19)16-3-2-14-4-6-17-13-15(14)12-16/h2-3,12,17-18H,1,4-11,13H2. The number of benzene rings is 1. The number of rotatable bonds is 6. The lowest BCUT2D eigenvalue weighted by molar-refractivity contribution is 0.0376. The molecule has 1 aromatic rings. The number of hydrogen-bond donors (Lipinski definition) is 2. The highest BCUT2D eigenvalue weighted by Crippen LogP contribution is 2.18. The molecule has 0 spiro atoms. The average molecular weight is 339 g/mol. The van der Waals surface area contributed by atoms with Gasteiger partial charge in [0.05, 0.1) is 18.1 Å². The van der Waals surface area contributed by atoms with Crippen LogP contribution in [0.15, 0.2) is 23.1 Å². The van der Waals surface area contributed by atoms with Gasteiger partial charge in [-0.15, -0.1) is 0 Å². The first kappa shape index (κ1) is 16.9. The molecule has 0 atom stereocenters. The normalized spacial score (nSPS) is 19.5. The number of morpholine rings is 1. The first-order valence-corrected chi connectivity index (χ1v) is 9.76. The molecule has 2 heterocycles. The molecular formula is C16H25N3O3S. The first-order chi connectivity index (χ1) is 11.1. The second-order valence-corrected chi connectivity index (χ2v) is 7.83. The molecule has 0 unspecified atom stereocenters. The van der Waals surface area contributed by atoms with Crippen LogP contribution in [0.25, 0.3) is 0 Å². The number of nitrogens with one attached hydrogen (secondary N) is 2. The summed E-state index contributed by atoms with van der Waals surface area (Å²) in [7, 11) is -3.42. The fraction of sp³-hybridized carbons (Fsp3) is 0.625. The molecule has 23 heavy (non-hydrogen) atoms. The predicted molar refractivity (Wildman–Crippen MR) is 88.9 cm³/mol. The van der Waals surface area contributed by atoms with E-state index in [2.05, 4.69) is 14.9 Å². The van der Waals surface area contributed by atoms with E-state index in [1.165, 1.54) is 5.56 Å². The van der Waals surface area contributed by atoms with Crippen LogP contribution in [0.4, 0.5) is 0 Å². The van der Waals surface area contributed by atoms with Crippen molar-refractivity contribution in [1.29, 1.82) is 0 Å². The van der Waals surface area contributed by atoms with Crippen LogP contribution in [0, 0.1) is 0 Å². The summed E-state index contributed by atoms with van der Waals surface area (Å²) in [6, 6.07) is 5.46. The van der Waals surface area contributed by atoms with Gasteiger partial charge in [-0.2, -0.15) is 0 Å². The maximum absolute atomic E-state index is 12.4. The van der Waals surface area contributed by atoms with E-state index in [0.717, 1.165) is 64.3 Å². The van der Waals surface area contributed by atoms with Crippen LogP contribution in [0.3, 0.4) is 0 Å². The summed E-state index contributed by atoms with van der Waals surface area (Å²) < 4.78 is 32.8. The number of fused-ring (bicyclic) bond motifs is 1. The van der Waals surface area contributed by atoms with Gasteiger partial charge in [0.1, 0.15) is 0 Å². The Kier molecular flexibility index (Phi) is 5.66. The Balaban J connectivity index is 1.52. The summed E-state index contributed by atoms with van der Waals surface area (Å²) in [6.07, 6.45) is 1.77. The molecule has 1 fully saturated rings. The fourth-order valence-electron chi connectivity index (χ4n) is 3.04. The third-order valence-electron chi connectivity index (χ3n) is 4.42. The molecule has 3 rings (SSSR count). The van der Waals surface area contributed by atoms with Gasteiger partial charge in [-0.25, -0.2) is 13.1 Å². The van der Waals surface area contributed by atoms with Crippen LogP contribution in [0.5, 0.6) is 0 Å². The lowest BCUT2D eigenvalue weighted by Crippen LogP contribution is -2.38. The molecule has 1 saturated heterocycles. The Morgan fingerprint density at radius 1 is 1.22 bits per heavy atom. The van der Waals surface area contributed by atoms with Crippen LogP contribution < -0.4 is 10.0 Å². The lowest BCUT2D eigenvalue weighted by Gasteiger charge is -2.26. The Morgan fingerprint density at radius 3 is 2.87 bits per heavy atom. The summed E-state index contributed by atoms with van der Waals surface area (Å²) >= 11 is 0. The number of hydrogen-bond acceptors (Lipinski definition) is 5. The minimum absolute atomic E-state index is 0.367. The van der Waals surface area contributed by atoms with Gasteiger partial charge in [0.15, 0.2) is 0 Å². The molecular weight excluding hydrogens is 314 g/mol. The van der Waals surface area contributed by atoms with Crippen molar-refractivity contribution in [3.63, 3.8) is 0 Å². The summed E-state index contributed by atoms with van der Waals surface area (Å²) in [5.74, 6) is 0. The molecule has 7 heteroatoms. The van der Waals surface area contributed by atoms with Gasteiger partial charge in [0.25, 0.3) is 0 Å². The van der Waals surface area contributed by atoms with Crippen molar-refractivity contribution >= 4 is 10.0 Å². The zero-order chi connectivity index (χ0) is 16.1. The van der Waals surface area contributed by atoms with Gasteiger partial charge < -0.3 is 10.1 Å². The molecule has 6 nitrogen and oxygen atoms in total. The topological polar surface area (TPSA) is 70.7 Å². The van der Waals surface area contributed by atoms with E-state index in [1.54, 1.807) is 12.1 Å². The van der Waals surface area contributed by atoms with Crippen molar-refractivity contribution in [3.05, 3.63) is 29.3 Å². The minimum Gasteiger partial charge on any atom is -0.379 e. The molecule has 2 aliphatic rings. The summed E-state index contributed by atoms with van der Waals surface area (Å²) in [4.78, 5) is 2.67. The van der Waals surface area contributed by atoms with Crippen molar-refractivity contribution in [2.75, 3.05) is 45.9 Å². The number of sulfonamides is 1. The summed E-state index contributed by atoms with van der Waals surface area (Å²) in [6.45, 7) is 6.49. The van der Waals surface area contributed by atoms with Crippen LogP contribution in [0.1, 0.15) is 17.5 Å². The number of nitrogens with zero attached hydrogens (tertiary/aromatic N) is 1. The zero-order valence-electron chi connectivity index (χ0n) is 13.4. The zero-order valence-corrected chi connectivity index (χ0v) is 14.2. The molecule has 0 radical (unpaired) electrons.